The maximum Gasteiger partial charge on any atom is 0.198 e. The molecule has 0 amide bonds. The molecule has 6 heteroatoms. The molecule has 5 nitrogen and oxygen atoms in total. The Bertz CT molecular complexity index is 1080. The summed E-state index contributed by atoms with van der Waals surface area (Å²) in [6.45, 7) is 1.55. The zero-order chi connectivity index (χ0) is 17.5. The van der Waals surface area contributed by atoms with Crippen LogP contribution < -0.4 is 0 Å². The van der Waals surface area contributed by atoms with Gasteiger partial charge in [-0.15, -0.1) is 0 Å². The topological polar surface area (TPSA) is 52.8 Å². The normalized spacial score (nSPS) is 17.3. The second-order valence-electron chi connectivity index (χ2n) is 6.55. The Hall–Kier alpha value is -2.50. The number of rotatable bonds is 3. The molecule has 2 aromatic carbocycles. The van der Waals surface area contributed by atoms with Crippen LogP contribution in [0.1, 0.15) is 12.8 Å². The lowest BCUT2D eigenvalue weighted by Crippen LogP contribution is -2.16. The van der Waals surface area contributed by atoms with Gasteiger partial charge in [-0.25, -0.2) is 15.0 Å². The van der Waals surface area contributed by atoms with Crippen LogP contribution in [-0.2, 0) is 11.3 Å². The second-order valence-corrected chi connectivity index (χ2v) is 6.98. The lowest BCUT2D eigenvalue weighted by Gasteiger charge is -2.13. The predicted molar refractivity (Wildman–Crippen MR) is 102 cm³/mol. The first-order valence-electron chi connectivity index (χ1n) is 8.78. The van der Waals surface area contributed by atoms with Gasteiger partial charge in [0.1, 0.15) is 5.82 Å². The molecule has 5 rings (SSSR count). The average molecular weight is 365 g/mol. The van der Waals surface area contributed by atoms with Gasteiger partial charge in [0, 0.05) is 17.2 Å². The maximum absolute atomic E-state index is 6.05. The van der Waals surface area contributed by atoms with Crippen molar-refractivity contribution in [2.75, 3.05) is 6.61 Å². The minimum atomic E-state index is 0.187. The minimum absolute atomic E-state index is 0.187. The number of ether oxygens (including phenoxy) is 1. The summed E-state index contributed by atoms with van der Waals surface area (Å²) >= 11 is 6.05. The van der Waals surface area contributed by atoms with Gasteiger partial charge in [0.15, 0.2) is 11.3 Å². The van der Waals surface area contributed by atoms with Crippen molar-refractivity contribution in [3.05, 3.63) is 53.6 Å². The maximum atomic E-state index is 6.05. The lowest BCUT2D eigenvalue weighted by molar-refractivity contribution is 0.0981. The number of aromatic nitrogens is 4. The van der Waals surface area contributed by atoms with E-state index in [-0.39, 0.29) is 6.10 Å². The van der Waals surface area contributed by atoms with Crippen LogP contribution in [0.25, 0.3) is 33.7 Å². The van der Waals surface area contributed by atoms with E-state index in [2.05, 4.69) is 4.57 Å². The van der Waals surface area contributed by atoms with Gasteiger partial charge in [0.2, 0.25) is 0 Å². The fourth-order valence-electron chi connectivity index (χ4n) is 3.48. The Morgan fingerprint density at radius 3 is 2.50 bits per heavy atom. The molecule has 3 heterocycles. The molecule has 0 unspecified atom stereocenters. The highest BCUT2D eigenvalue weighted by Crippen LogP contribution is 2.27. The molecule has 0 aliphatic carbocycles. The van der Waals surface area contributed by atoms with Crippen LogP contribution in [0, 0.1) is 0 Å². The van der Waals surface area contributed by atoms with E-state index < -0.39 is 0 Å². The molecular formula is C20H17ClN4O. The summed E-state index contributed by atoms with van der Waals surface area (Å²) < 4.78 is 7.99. The van der Waals surface area contributed by atoms with Crippen LogP contribution >= 0.6 is 11.6 Å². The van der Waals surface area contributed by atoms with Crippen molar-refractivity contribution >= 4 is 33.9 Å². The van der Waals surface area contributed by atoms with Crippen LogP contribution in [0.4, 0.5) is 0 Å². The van der Waals surface area contributed by atoms with Gasteiger partial charge in [0.05, 0.1) is 23.7 Å². The summed E-state index contributed by atoms with van der Waals surface area (Å²) in [4.78, 5) is 14.4. The highest BCUT2D eigenvalue weighted by atomic mass is 35.5. The average Bonchev–Trinajstić information content (AvgIpc) is 3.29. The van der Waals surface area contributed by atoms with Crippen LogP contribution in [0.3, 0.4) is 0 Å². The molecule has 2 aromatic heterocycles. The van der Waals surface area contributed by atoms with Crippen molar-refractivity contribution < 1.29 is 4.74 Å². The minimum Gasteiger partial charge on any atom is -0.376 e. The van der Waals surface area contributed by atoms with Gasteiger partial charge < -0.3 is 9.30 Å². The number of imidazole rings is 1. The van der Waals surface area contributed by atoms with E-state index in [0.29, 0.717) is 10.7 Å². The molecule has 130 valence electrons. The summed E-state index contributed by atoms with van der Waals surface area (Å²) in [6, 6.07) is 15.6. The third kappa shape index (κ3) is 2.73. The van der Waals surface area contributed by atoms with E-state index in [9.17, 15) is 0 Å². The Labute approximate surface area is 155 Å². The predicted octanol–water partition coefficient (Wildman–Crippen LogP) is 4.48. The third-order valence-corrected chi connectivity index (χ3v) is 5.02. The van der Waals surface area contributed by atoms with Crippen LogP contribution in [-0.4, -0.2) is 32.2 Å². The van der Waals surface area contributed by atoms with Crippen LogP contribution in [0.5, 0.6) is 0 Å². The largest absolute Gasteiger partial charge is 0.376 e. The Morgan fingerprint density at radius 2 is 1.77 bits per heavy atom. The Kier molecular flexibility index (Phi) is 3.84. The van der Waals surface area contributed by atoms with E-state index in [1.165, 1.54) is 0 Å². The van der Waals surface area contributed by atoms with Gasteiger partial charge >= 0.3 is 0 Å². The zero-order valence-electron chi connectivity index (χ0n) is 14.1. The fourth-order valence-corrected chi connectivity index (χ4v) is 3.61. The molecule has 0 radical (unpaired) electrons. The fraction of sp³-hybridized carbons (Fsp3) is 0.250. The smallest absolute Gasteiger partial charge is 0.198 e. The number of fused-ring (bicyclic) bond motifs is 2. The van der Waals surface area contributed by atoms with Crippen molar-refractivity contribution in [1.82, 2.24) is 19.5 Å². The van der Waals surface area contributed by atoms with Crippen molar-refractivity contribution in [3.63, 3.8) is 0 Å². The van der Waals surface area contributed by atoms with Crippen LogP contribution in [0.15, 0.2) is 48.5 Å². The summed E-state index contributed by atoms with van der Waals surface area (Å²) in [6.07, 6.45) is 2.34. The standard InChI is InChI=1S/C20H17ClN4O/c21-14-9-7-13(8-10-14)19-24-18-20(25(19)12-15-4-3-11-26-15)23-17-6-2-1-5-16(17)22-18/h1-2,5-10,15H,3-4,11-12H2/t15-/m1/s1. The summed E-state index contributed by atoms with van der Waals surface area (Å²) in [7, 11) is 0. The first-order valence-corrected chi connectivity index (χ1v) is 9.16. The molecule has 0 saturated carbocycles. The molecule has 0 N–H and O–H groups in total. The lowest BCUT2D eigenvalue weighted by atomic mass is 10.2. The number of hydrogen-bond donors (Lipinski definition) is 0. The molecule has 1 fully saturated rings. The highest BCUT2D eigenvalue weighted by Gasteiger charge is 2.22. The molecule has 0 spiro atoms. The van der Waals surface area contributed by atoms with Gasteiger partial charge in [-0.3, -0.25) is 0 Å². The van der Waals surface area contributed by atoms with Gasteiger partial charge in [-0.2, -0.15) is 0 Å². The molecule has 4 aromatic rings. The zero-order valence-corrected chi connectivity index (χ0v) is 14.9. The van der Waals surface area contributed by atoms with E-state index in [1.54, 1.807) is 0 Å². The molecular weight excluding hydrogens is 348 g/mol. The number of halogens is 1. The number of para-hydroxylation sites is 2. The number of benzene rings is 2. The molecule has 1 aliphatic rings. The van der Waals surface area contributed by atoms with Gasteiger partial charge in [0.25, 0.3) is 0 Å². The SMILES string of the molecule is Clc1ccc(-c2nc3nc4ccccc4nc3n2C[C@H]2CCCO2)cc1. The third-order valence-electron chi connectivity index (χ3n) is 4.77. The summed E-state index contributed by atoms with van der Waals surface area (Å²) in [5, 5.41) is 0.706. The summed E-state index contributed by atoms with van der Waals surface area (Å²) in [5.41, 5.74) is 4.17. The second kappa shape index (κ2) is 6.34. The quantitative estimate of drug-likeness (QED) is 0.538. The molecule has 1 atom stereocenters. The van der Waals surface area contributed by atoms with E-state index >= 15 is 0 Å². The molecule has 1 saturated heterocycles. The summed E-state index contributed by atoms with van der Waals surface area (Å²) in [5.74, 6) is 0.850. The Morgan fingerprint density at radius 1 is 1.00 bits per heavy atom. The van der Waals surface area contributed by atoms with E-state index in [0.717, 1.165) is 54.1 Å². The number of hydrogen-bond acceptors (Lipinski definition) is 4. The van der Waals surface area contributed by atoms with Crippen molar-refractivity contribution in [2.24, 2.45) is 0 Å². The molecule has 0 bridgehead atoms. The molecule has 1 aliphatic heterocycles. The Balaban J connectivity index is 1.72. The monoisotopic (exact) mass is 364 g/mol. The van der Waals surface area contributed by atoms with Crippen molar-refractivity contribution in [3.8, 4) is 11.4 Å². The van der Waals surface area contributed by atoms with Crippen molar-refractivity contribution in [2.45, 2.75) is 25.5 Å². The first-order chi connectivity index (χ1) is 12.8. The highest BCUT2D eigenvalue weighted by molar-refractivity contribution is 6.30. The van der Waals surface area contributed by atoms with Crippen LogP contribution in [0.2, 0.25) is 5.02 Å². The number of nitrogens with zero attached hydrogens (tertiary/aromatic N) is 4. The molecule has 26 heavy (non-hydrogen) atoms. The first kappa shape index (κ1) is 15.7. The van der Waals surface area contributed by atoms with E-state index in [4.69, 9.17) is 31.3 Å². The van der Waals surface area contributed by atoms with E-state index in [1.807, 2.05) is 48.5 Å². The van der Waals surface area contributed by atoms with Gasteiger partial charge in [-0.05, 0) is 49.2 Å². The van der Waals surface area contributed by atoms with Gasteiger partial charge in [-0.1, -0.05) is 23.7 Å². The van der Waals surface area contributed by atoms with Crippen molar-refractivity contribution in [1.29, 1.82) is 0 Å².